The molecule has 1 fully saturated rings. The molecule has 0 saturated carbocycles. The molecule has 3 N–H and O–H groups in total. The molecular weight excluding hydrogens is 430 g/mol. The van der Waals surface area contributed by atoms with Crippen LogP contribution in [0.2, 0.25) is 0 Å². The van der Waals surface area contributed by atoms with Crippen molar-refractivity contribution >= 4 is 23.2 Å². The van der Waals surface area contributed by atoms with Crippen LogP contribution in [0.4, 0.5) is 0 Å². The number of aromatic nitrogens is 5. The largest absolute Gasteiger partial charge is 0.389 e. The van der Waals surface area contributed by atoms with Crippen LogP contribution in [0.25, 0.3) is 22.3 Å². The average molecular weight is 464 g/mol. The van der Waals surface area contributed by atoms with Gasteiger partial charge < -0.3 is 20.9 Å². The molecule has 1 aliphatic heterocycles. The second kappa shape index (κ2) is 10.6. The van der Waals surface area contributed by atoms with Crippen LogP contribution in [-0.4, -0.2) is 74.1 Å². The van der Waals surface area contributed by atoms with Crippen molar-refractivity contribution < 1.29 is 4.79 Å². The summed E-state index contributed by atoms with van der Waals surface area (Å²) in [5, 5.41) is 23.4. The molecule has 34 heavy (non-hydrogen) atoms. The highest BCUT2D eigenvalue weighted by Gasteiger charge is 2.27. The van der Waals surface area contributed by atoms with Crippen molar-refractivity contribution in [1.82, 2.24) is 39.9 Å². The molecule has 1 atom stereocenters. The number of rotatable bonds is 11. The molecular formula is C24H33N9O. The summed E-state index contributed by atoms with van der Waals surface area (Å²) >= 11 is 0. The van der Waals surface area contributed by atoms with Crippen molar-refractivity contribution in [2.24, 2.45) is 0 Å². The van der Waals surface area contributed by atoms with E-state index >= 15 is 0 Å². The van der Waals surface area contributed by atoms with Gasteiger partial charge in [0.25, 0.3) is 0 Å². The Morgan fingerprint density at radius 3 is 2.79 bits per heavy atom. The molecule has 4 heterocycles. The normalized spacial score (nSPS) is 16.7. The lowest BCUT2D eigenvalue weighted by Crippen LogP contribution is -2.39. The Balaban J connectivity index is 1.50. The summed E-state index contributed by atoms with van der Waals surface area (Å²) in [6.07, 6.45) is 13.4. The SMILES string of the molecule is CCC(CC)n1cc(-c2nc(/C(C=N)=C/NCCNC3CCN(C)C3=O)cn3nccc23)cn1. The predicted octanol–water partition coefficient (Wildman–Crippen LogP) is 2.35. The maximum absolute atomic E-state index is 12.0. The van der Waals surface area contributed by atoms with Gasteiger partial charge in [0.1, 0.15) is 0 Å². The number of nitrogens with one attached hydrogen (secondary N) is 3. The maximum Gasteiger partial charge on any atom is 0.239 e. The zero-order valence-electron chi connectivity index (χ0n) is 20.0. The third kappa shape index (κ3) is 4.86. The number of nitrogens with zero attached hydrogens (tertiary/aromatic N) is 6. The van der Waals surface area contributed by atoms with Crippen LogP contribution >= 0.6 is 0 Å². The number of likely N-dealkylation sites (tertiary alicyclic amines) is 1. The Morgan fingerprint density at radius 2 is 2.09 bits per heavy atom. The highest BCUT2D eigenvalue weighted by molar-refractivity contribution is 6.07. The first-order valence-electron chi connectivity index (χ1n) is 11.9. The van der Waals surface area contributed by atoms with E-state index in [0.717, 1.165) is 42.6 Å². The van der Waals surface area contributed by atoms with Gasteiger partial charge in [0, 0.05) is 56.4 Å². The minimum atomic E-state index is -0.106. The van der Waals surface area contributed by atoms with E-state index in [-0.39, 0.29) is 11.9 Å². The number of amides is 1. The Hall–Kier alpha value is -3.53. The molecule has 3 aromatic heterocycles. The second-order valence-electron chi connectivity index (χ2n) is 8.57. The highest BCUT2D eigenvalue weighted by atomic mass is 16.2. The van der Waals surface area contributed by atoms with E-state index < -0.39 is 0 Å². The Labute approximate surface area is 199 Å². The molecule has 0 aliphatic carbocycles. The van der Waals surface area contributed by atoms with Gasteiger partial charge in [-0.05, 0) is 25.3 Å². The van der Waals surface area contributed by atoms with Gasteiger partial charge in [-0.2, -0.15) is 10.2 Å². The van der Waals surface area contributed by atoms with Crippen molar-refractivity contribution in [2.75, 3.05) is 26.7 Å². The monoisotopic (exact) mass is 463 g/mol. The zero-order valence-corrected chi connectivity index (χ0v) is 20.0. The lowest BCUT2D eigenvalue weighted by Gasteiger charge is -2.12. The van der Waals surface area contributed by atoms with Crippen LogP contribution in [0.15, 0.2) is 37.1 Å². The standard InChI is InChI=1S/C24H33N9O/c1-4-19(5-2)32-15-18(14-29-32)23-22-6-8-28-33(22)16-21(30-23)17(12-25)13-26-9-10-27-20-7-11-31(3)24(20)34/h6,8,12-16,19-20,25-27H,4-5,7,9-11H2,1-3H3/b17-13+,25-12?. The van der Waals surface area contributed by atoms with Crippen LogP contribution in [-0.2, 0) is 4.79 Å². The van der Waals surface area contributed by atoms with Gasteiger partial charge in [0.15, 0.2) is 0 Å². The topological polar surface area (TPSA) is 116 Å². The van der Waals surface area contributed by atoms with E-state index in [9.17, 15) is 4.79 Å². The second-order valence-corrected chi connectivity index (χ2v) is 8.57. The molecule has 0 bridgehead atoms. The first kappa shape index (κ1) is 23.6. The van der Waals surface area contributed by atoms with Crippen molar-refractivity contribution in [3.05, 3.63) is 42.7 Å². The number of allylic oxidation sites excluding steroid dienone is 1. The summed E-state index contributed by atoms with van der Waals surface area (Å²) in [7, 11) is 1.83. The molecule has 1 amide bonds. The van der Waals surface area contributed by atoms with Gasteiger partial charge in [-0.1, -0.05) is 13.8 Å². The van der Waals surface area contributed by atoms with E-state index in [4.69, 9.17) is 10.4 Å². The minimum absolute atomic E-state index is 0.106. The van der Waals surface area contributed by atoms with E-state index in [0.29, 0.717) is 30.4 Å². The molecule has 1 unspecified atom stereocenters. The summed E-state index contributed by atoms with van der Waals surface area (Å²) in [4.78, 5) is 18.6. The van der Waals surface area contributed by atoms with E-state index in [2.05, 4.69) is 34.7 Å². The first-order chi connectivity index (χ1) is 16.5. The quantitative estimate of drug-likeness (QED) is 0.297. The number of fused-ring (bicyclic) bond motifs is 1. The Kier molecular flexibility index (Phi) is 7.36. The summed E-state index contributed by atoms with van der Waals surface area (Å²) in [6, 6.07) is 2.18. The van der Waals surface area contributed by atoms with Crippen LogP contribution in [0.1, 0.15) is 44.8 Å². The lowest BCUT2D eigenvalue weighted by atomic mass is 10.1. The van der Waals surface area contributed by atoms with Gasteiger partial charge in [-0.3, -0.25) is 9.48 Å². The van der Waals surface area contributed by atoms with Crippen molar-refractivity contribution in [1.29, 1.82) is 5.41 Å². The number of hydrogen-bond donors (Lipinski definition) is 3. The smallest absolute Gasteiger partial charge is 0.239 e. The third-order valence-corrected chi connectivity index (χ3v) is 6.38. The Bertz CT molecular complexity index is 1170. The van der Waals surface area contributed by atoms with Gasteiger partial charge >= 0.3 is 0 Å². The predicted molar refractivity (Wildman–Crippen MR) is 133 cm³/mol. The number of likely N-dealkylation sites (N-methyl/N-ethyl adjacent to an activating group) is 1. The van der Waals surface area contributed by atoms with E-state index in [1.807, 2.05) is 36.4 Å². The van der Waals surface area contributed by atoms with Crippen molar-refractivity contribution in [3.8, 4) is 11.3 Å². The minimum Gasteiger partial charge on any atom is -0.389 e. The van der Waals surface area contributed by atoms with Gasteiger partial charge in [-0.25, -0.2) is 9.50 Å². The molecule has 0 spiro atoms. The van der Waals surface area contributed by atoms with Gasteiger partial charge in [-0.15, -0.1) is 0 Å². The number of hydrogen-bond acceptors (Lipinski definition) is 7. The summed E-state index contributed by atoms with van der Waals surface area (Å²) in [6.45, 7) is 6.40. The molecule has 0 radical (unpaired) electrons. The number of carbonyl (C=O) groups is 1. The maximum atomic E-state index is 12.0. The fraction of sp³-hybridized carbons (Fsp3) is 0.458. The van der Waals surface area contributed by atoms with Crippen molar-refractivity contribution in [3.63, 3.8) is 0 Å². The molecule has 1 aliphatic rings. The molecule has 0 aromatic carbocycles. The van der Waals surface area contributed by atoms with Gasteiger partial charge in [0.05, 0.1) is 47.6 Å². The van der Waals surface area contributed by atoms with E-state index in [1.165, 1.54) is 6.21 Å². The summed E-state index contributed by atoms with van der Waals surface area (Å²) < 4.78 is 3.79. The lowest BCUT2D eigenvalue weighted by molar-refractivity contribution is -0.128. The van der Waals surface area contributed by atoms with Crippen LogP contribution in [0.5, 0.6) is 0 Å². The molecule has 180 valence electrons. The van der Waals surface area contributed by atoms with Crippen LogP contribution in [0.3, 0.4) is 0 Å². The molecule has 4 rings (SSSR count). The fourth-order valence-corrected chi connectivity index (χ4v) is 4.30. The summed E-state index contributed by atoms with van der Waals surface area (Å²) in [5.74, 6) is 0.146. The molecule has 10 nitrogen and oxygen atoms in total. The van der Waals surface area contributed by atoms with E-state index in [1.54, 1.807) is 21.8 Å². The molecule has 3 aromatic rings. The fourth-order valence-electron chi connectivity index (χ4n) is 4.30. The first-order valence-corrected chi connectivity index (χ1v) is 11.9. The molecule has 1 saturated heterocycles. The third-order valence-electron chi connectivity index (χ3n) is 6.38. The highest BCUT2D eigenvalue weighted by Crippen LogP contribution is 2.26. The zero-order chi connectivity index (χ0) is 24.1. The summed E-state index contributed by atoms with van der Waals surface area (Å²) in [5.41, 5.74) is 3.88. The number of carbonyl (C=O) groups excluding carboxylic acids is 1. The molecule has 10 heteroatoms. The van der Waals surface area contributed by atoms with Crippen molar-refractivity contribution in [2.45, 2.75) is 45.2 Å². The average Bonchev–Trinajstić information content (AvgIpc) is 3.59. The van der Waals surface area contributed by atoms with Crippen LogP contribution in [0, 0.1) is 5.41 Å². The Morgan fingerprint density at radius 1 is 1.26 bits per heavy atom. The van der Waals surface area contributed by atoms with Crippen LogP contribution < -0.4 is 10.6 Å². The van der Waals surface area contributed by atoms with Gasteiger partial charge in [0.2, 0.25) is 5.91 Å².